The molecular formula is C16H21ClN5OS+. The van der Waals surface area contributed by atoms with Crippen LogP contribution in [0.3, 0.4) is 0 Å². The van der Waals surface area contributed by atoms with E-state index in [0.29, 0.717) is 6.54 Å². The number of anilines is 1. The molecule has 1 fully saturated rings. The van der Waals surface area contributed by atoms with Crippen molar-refractivity contribution >= 4 is 34.8 Å². The van der Waals surface area contributed by atoms with Crippen LogP contribution in [0.2, 0.25) is 4.34 Å². The van der Waals surface area contributed by atoms with E-state index in [1.807, 2.05) is 30.1 Å². The number of nitrogens with zero attached hydrogens (tertiary/aromatic N) is 4. The number of hydrogen-bond acceptors (Lipinski definition) is 5. The lowest BCUT2D eigenvalue weighted by Gasteiger charge is -2.34. The second-order valence-corrected chi connectivity index (χ2v) is 7.73. The molecule has 2 aromatic rings. The summed E-state index contributed by atoms with van der Waals surface area (Å²) < 4.78 is 0.795. The molecule has 0 radical (unpaired) electrons. The van der Waals surface area contributed by atoms with Crippen LogP contribution in [0.25, 0.3) is 0 Å². The fourth-order valence-corrected chi connectivity index (χ4v) is 3.99. The summed E-state index contributed by atoms with van der Waals surface area (Å²) in [5.41, 5.74) is 0. The molecule has 24 heavy (non-hydrogen) atoms. The average Bonchev–Trinajstić information content (AvgIpc) is 3.00. The van der Waals surface area contributed by atoms with Crippen LogP contribution >= 0.6 is 22.9 Å². The molecule has 3 rings (SSSR count). The molecule has 0 bridgehead atoms. The minimum Gasteiger partial charge on any atom is -0.337 e. The van der Waals surface area contributed by atoms with Crippen molar-refractivity contribution in [3.8, 4) is 0 Å². The third kappa shape index (κ3) is 4.43. The van der Waals surface area contributed by atoms with E-state index < -0.39 is 0 Å². The summed E-state index contributed by atoms with van der Waals surface area (Å²) in [5, 5.41) is 0. The van der Waals surface area contributed by atoms with Crippen LogP contribution < -0.4 is 9.80 Å². The van der Waals surface area contributed by atoms with Gasteiger partial charge in [0.15, 0.2) is 6.54 Å². The smallest absolute Gasteiger partial charge is 0.277 e. The van der Waals surface area contributed by atoms with Gasteiger partial charge in [0.25, 0.3) is 5.91 Å². The molecule has 1 amide bonds. The zero-order chi connectivity index (χ0) is 16.9. The molecule has 8 heteroatoms. The molecular weight excluding hydrogens is 346 g/mol. The van der Waals surface area contributed by atoms with E-state index in [1.54, 1.807) is 23.7 Å². The Hall–Kier alpha value is -1.70. The number of likely N-dealkylation sites (N-methyl/N-ethyl adjacent to an activating group) is 1. The Balaban J connectivity index is 1.46. The number of carbonyl (C=O) groups excluding carboxylic acids is 1. The maximum absolute atomic E-state index is 12.5. The van der Waals surface area contributed by atoms with Crippen LogP contribution in [-0.2, 0) is 11.3 Å². The molecule has 6 nitrogen and oxygen atoms in total. The topological polar surface area (TPSA) is 53.8 Å². The quantitative estimate of drug-likeness (QED) is 0.840. The van der Waals surface area contributed by atoms with Gasteiger partial charge in [0.05, 0.1) is 16.3 Å². The number of quaternary nitrogens is 1. The van der Waals surface area contributed by atoms with Crippen LogP contribution in [-0.4, -0.2) is 60.5 Å². The number of rotatable bonds is 5. The largest absolute Gasteiger partial charge is 0.337 e. The van der Waals surface area contributed by atoms with Crippen molar-refractivity contribution in [3.05, 3.63) is 39.8 Å². The predicted molar refractivity (Wildman–Crippen MR) is 95.6 cm³/mol. The van der Waals surface area contributed by atoms with E-state index in [9.17, 15) is 4.79 Å². The highest BCUT2D eigenvalue weighted by Gasteiger charge is 2.24. The van der Waals surface area contributed by atoms with Crippen molar-refractivity contribution < 1.29 is 9.69 Å². The second-order valence-electron chi connectivity index (χ2n) is 5.93. The molecule has 1 unspecified atom stereocenters. The number of thiophene rings is 1. The Labute approximate surface area is 150 Å². The first-order valence-electron chi connectivity index (χ1n) is 7.97. The van der Waals surface area contributed by atoms with Gasteiger partial charge in [0.2, 0.25) is 5.95 Å². The molecule has 1 saturated heterocycles. The molecule has 3 heterocycles. The Morgan fingerprint density at radius 2 is 1.96 bits per heavy atom. The molecule has 0 aromatic carbocycles. The van der Waals surface area contributed by atoms with Crippen molar-refractivity contribution in [1.29, 1.82) is 0 Å². The van der Waals surface area contributed by atoms with E-state index in [-0.39, 0.29) is 5.91 Å². The molecule has 1 aliphatic rings. The van der Waals surface area contributed by atoms with E-state index in [2.05, 4.69) is 14.9 Å². The Morgan fingerprint density at radius 1 is 1.25 bits per heavy atom. The van der Waals surface area contributed by atoms with Gasteiger partial charge in [-0.1, -0.05) is 11.6 Å². The van der Waals surface area contributed by atoms with Gasteiger partial charge in [-0.3, -0.25) is 4.79 Å². The number of carbonyl (C=O) groups is 1. The predicted octanol–water partition coefficient (Wildman–Crippen LogP) is 0.555. The Kier molecular flexibility index (Phi) is 5.65. The number of aromatic nitrogens is 2. The summed E-state index contributed by atoms with van der Waals surface area (Å²) in [6.45, 7) is 4.30. The molecule has 2 aromatic heterocycles. The van der Waals surface area contributed by atoms with E-state index in [1.165, 1.54) is 9.78 Å². The van der Waals surface area contributed by atoms with Gasteiger partial charge in [0.1, 0.15) is 6.54 Å². The lowest BCUT2D eigenvalue weighted by Crippen LogP contribution is -3.08. The average molecular weight is 367 g/mol. The zero-order valence-electron chi connectivity index (χ0n) is 13.6. The highest BCUT2D eigenvalue weighted by atomic mass is 35.5. The van der Waals surface area contributed by atoms with Crippen molar-refractivity contribution in [2.45, 2.75) is 6.54 Å². The normalized spacial score (nSPS) is 16.2. The van der Waals surface area contributed by atoms with Gasteiger partial charge in [-0.25, -0.2) is 9.97 Å². The summed E-state index contributed by atoms with van der Waals surface area (Å²) in [5.74, 6) is 0.936. The standard InChI is InChI=1S/C16H20ClN5OS/c1-20(11-13-3-4-14(17)24-13)12-15(23)21-7-9-22(10-8-21)16-18-5-2-6-19-16/h2-6H,7-12H2,1H3/p+1. The second kappa shape index (κ2) is 7.92. The highest BCUT2D eigenvalue weighted by Crippen LogP contribution is 2.20. The van der Waals surface area contributed by atoms with Gasteiger partial charge in [0, 0.05) is 38.6 Å². The summed E-state index contributed by atoms with van der Waals surface area (Å²) >= 11 is 7.53. The van der Waals surface area contributed by atoms with Crippen molar-refractivity contribution in [2.24, 2.45) is 0 Å². The van der Waals surface area contributed by atoms with Gasteiger partial charge in [-0.2, -0.15) is 0 Å². The minimum atomic E-state index is 0.198. The maximum atomic E-state index is 12.5. The number of hydrogen-bond donors (Lipinski definition) is 1. The van der Waals surface area contributed by atoms with Crippen molar-refractivity contribution in [1.82, 2.24) is 14.9 Å². The summed E-state index contributed by atoms with van der Waals surface area (Å²) in [6.07, 6.45) is 3.49. The summed E-state index contributed by atoms with van der Waals surface area (Å²) in [6, 6.07) is 5.74. The lowest BCUT2D eigenvalue weighted by atomic mass is 10.3. The van der Waals surface area contributed by atoms with Gasteiger partial charge in [-0.05, 0) is 18.2 Å². The third-order valence-corrected chi connectivity index (χ3v) is 5.26. The van der Waals surface area contributed by atoms with Gasteiger partial charge < -0.3 is 14.7 Å². The number of amides is 1. The molecule has 1 N–H and O–H groups in total. The van der Waals surface area contributed by atoms with Crippen molar-refractivity contribution in [3.63, 3.8) is 0 Å². The monoisotopic (exact) mass is 366 g/mol. The van der Waals surface area contributed by atoms with Crippen LogP contribution in [0.15, 0.2) is 30.6 Å². The van der Waals surface area contributed by atoms with Gasteiger partial charge >= 0.3 is 0 Å². The first kappa shape index (κ1) is 17.1. The lowest BCUT2D eigenvalue weighted by molar-refractivity contribution is -0.885. The molecule has 1 atom stereocenters. The van der Waals surface area contributed by atoms with Crippen molar-refractivity contribution in [2.75, 3.05) is 44.7 Å². The molecule has 1 aliphatic heterocycles. The van der Waals surface area contributed by atoms with E-state index in [0.717, 1.165) is 43.0 Å². The highest BCUT2D eigenvalue weighted by molar-refractivity contribution is 7.16. The Morgan fingerprint density at radius 3 is 2.58 bits per heavy atom. The van der Waals surface area contributed by atoms with Crippen LogP contribution in [0.5, 0.6) is 0 Å². The maximum Gasteiger partial charge on any atom is 0.277 e. The summed E-state index contributed by atoms with van der Waals surface area (Å²) in [4.78, 5) is 27.4. The Bertz CT molecular complexity index is 672. The first-order chi connectivity index (χ1) is 11.6. The SMILES string of the molecule is C[NH+](CC(=O)N1CCN(c2ncccn2)CC1)Cc1ccc(Cl)s1. The fraction of sp³-hybridized carbons (Fsp3) is 0.438. The van der Waals surface area contributed by atoms with E-state index in [4.69, 9.17) is 11.6 Å². The van der Waals surface area contributed by atoms with Crippen LogP contribution in [0, 0.1) is 0 Å². The first-order valence-corrected chi connectivity index (χ1v) is 9.16. The fourth-order valence-electron chi connectivity index (χ4n) is 2.79. The zero-order valence-corrected chi connectivity index (χ0v) is 15.2. The van der Waals surface area contributed by atoms with E-state index >= 15 is 0 Å². The van der Waals surface area contributed by atoms with Crippen LogP contribution in [0.4, 0.5) is 5.95 Å². The van der Waals surface area contributed by atoms with Gasteiger partial charge in [-0.15, -0.1) is 11.3 Å². The molecule has 128 valence electrons. The molecule has 0 aliphatic carbocycles. The third-order valence-electron chi connectivity index (χ3n) is 4.03. The minimum absolute atomic E-state index is 0.198. The number of nitrogens with one attached hydrogen (secondary N) is 1. The molecule has 0 saturated carbocycles. The number of halogens is 1. The number of piperazine rings is 1. The molecule has 0 spiro atoms. The van der Waals surface area contributed by atoms with Crippen LogP contribution in [0.1, 0.15) is 4.88 Å². The summed E-state index contributed by atoms with van der Waals surface area (Å²) in [7, 11) is 2.04.